The van der Waals surface area contributed by atoms with Crippen LogP contribution in [0.5, 0.6) is 0 Å². The van der Waals surface area contributed by atoms with Crippen molar-refractivity contribution in [1.82, 2.24) is 0 Å². The molecule has 0 N–H and O–H groups in total. The first-order valence-electron chi connectivity index (χ1n) is 0.204. The summed E-state index contributed by atoms with van der Waals surface area (Å²) in [6.45, 7) is 0. The third-order valence-electron chi connectivity index (χ3n) is 0. The van der Waals surface area contributed by atoms with Crippen molar-refractivity contribution in [2.75, 3.05) is 0 Å². The average molecular weight is 120 g/mol. The van der Waals surface area contributed by atoms with E-state index in [1.807, 2.05) is 0 Å². The Bertz CT molecular complexity index is 13.5. The molecule has 0 aliphatic carbocycles. The number of hydrogen-bond donors (Lipinski definition) is 0. The summed E-state index contributed by atoms with van der Waals surface area (Å²) in [5.74, 6) is 0. The fourth-order valence-corrected chi connectivity index (χ4v) is 0. The van der Waals surface area contributed by atoms with Crippen molar-refractivity contribution in [2.45, 2.75) is 0 Å². The van der Waals surface area contributed by atoms with E-state index in [9.17, 15) is 0 Å². The van der Waals surface area contributed by atoms with Gasteiger partial charge in [-0.15, -0.1) is 0 Å². The van der Waals surface area contributed by atoms with Gasteiger partial charge < -0.3 is 2.85 Å². The van der Waals surface area contributed by atoms with Crippen LogP contribution in [0, 0.1) is 0 Å². The van der Waals surface area contributed by atoms with Gasteiger partial charge in [-0.1, -0.05) is 0 Å². The Morgan fingerprint density at radius 1 is 1.50 bits per heavy atom. The van der Waals surface area contributed by atoms with Crippen LogP contribution in [0.25, 0.3) is 0 Å². The second kappa shape index (κ2) is 20.7. The van der Waals surface area contributed by atoms with E-state index in [1.165, 1.54) is 0 Å². The first-order valence-corrected chi connectivity index (χ1v) is 0.612. The summed E-state index contributed by atoms with van der Waals surface area (Å²) in [6, 6.07) is 0. The monoisotopic (exact) mass is 120 g/mol. The van der Waals surface area contributed by atoms with Gasteiger partial charge in [-0.25, -0.2) is 0 Å². The molecule has 4 heavy (non-hydrogen) atoms. The smallest absolute Gasteiger partial charge is 1.00 e. The van der Waals surface area contributed by atoms with E-state index < -0.39 is 0 Å². The normalized spacial score (nSPS) is 1.00. The van der Waals surface area contributed by atoms with Gasteiger partial charge in [0.05, 0.1) is 0 Å². The molecule has 0 heterocycles. The summed E-state index contributed by atoms with van der Waals surface area (Å²) < 4.78 is 8.06. The van der Waals surface area contributed by atoms with Crippen LogP contribution in [0.15, 0.2) is 0 Å². The van der Waals surface area contributed by atoms with Crippen LogP contribution < -0.4 is 0 Å². The van der Waals surface area contributed by atoms with Gasteiger partial charge in [0.15, 0.2) is 17.4 Å². The van der Waals surface area contributed by atoms with Crippen LogP contribution in [-0.4, -0.2) is 55.1 Å². The molecule has 0 saturated heterocycles. The standard InChI is InChI=1S/Al.Ca.HOP.5H/c;;1-2;;;;;/h;;2H;;;;;/q;+2;;;;;2*-1. The minimum absolute atomic E-state index is 0. The molecule has 0 radical (unpaired) electrons. The predicted octanol–water partition coefficient (Wildman–Crippen LogP) is -0.865. The predicted molar refractivity (Wildman–Crippen MR) is 26.9 cm³/mol. The van der Waals surface area contributed by atoms with Crippen LogP contribution in [0.1, 0.15) is 2.85 Å². The van der Waals surface area contributed by atoms with Gasteiger partial charge >= 0.3 is 37.7 Å². The Kier molecular flexibility index (Phi) is 87.2. The molecule has 1 nitrogen and oxygen atoms in total. The summed E-state index contributed by atoms with van der Waals surface area (Å²) in [4.78, 5) is 0. The molecule has 0 rings (SSSR count). The minimum Gasteiger partial charge on any atom is -1.00 e. The van der Waals surface area contributed by atoms with Gasteiger partial charge in [0.2, 0.25) is 0 Å². The van der Waals surface area contributed by atoms with Gasteiger partial charge in [0.25, 0.3) is 0 Å². The molecule has 0 saturated carbocycles. The van der Waals surface area contributed by atoms with E-state index in [1.54, 1.807) is 9.12 Å². The molecular weight excluding hydrogens is 114 g/mol. The molecule has 0 spiro atoms. The van der Waals surface area contributed by atoms with Crippen LogP contribution in [-0.2, 0) is 4.57 Å². The molecule has 22 valence electrons. The van der Waals surface area contributed by atoms with Crippen molar-refractivity contribution in [1.29, 1.82) is 0 Å². The zero-order valence-corrected chi connectivity index (χ0v) is 4.82. The zero-order chi connectivity index (χ0) is 2.00. The maximum Gasteiger partial charge on any atom is 2.00 e. The van der Waals surface area contributed by atoms with Crippen molar-refractivity contribution in [3.63, 3.8) is 0 Å². The third-order valence-corrected chi connectivity index (χ3v) is 0. The van der Waals surface area contributed by atoms with E-state index >= 15 is 0 Å². The first kappa shape index (κ1) is 16.9. The largest absolute Gasteiger partial charge is 2.00 e. The summed E-state index contributed by atoms with van der Waals surface area (Å²) in [7, 11) is 1.72. The molecule has 0 aromatic carbocycles. The second-order valence-electron chi connectivity index (χ2n) is 0. The quantitative estimate of drug-likeness (QED) is 0.300. The fraction of sp³-hybridized carbons (Fsp3) is 0. The molecule has 0 unspecified atom stereocenters. The van der Waals surface area contributed by atoms with Gasteiger partial charge in [-0.2, -0.15) is 0 Å². The van der Waals surface area contributed by atoms with Crippen LogP contribution in [0.2, 0.25) is 0 Å². The van der Waals surface area contributed by atoms with E-state index in [0.717, 1.165) is 0 Å². The van der Waals surface area contributed by atoms with E-state index in [0.29, 0.717) is 0 Å². The molecule has 0 aromatic heterocycles. The number of rotatable bonds is 0. The Hall–Kier alpha value is 1.89. The molecule has 0 fully saturated rings. The number of hydrogen-bond acceptors (Lipinski definition) is 1. The fourth-order valence-electron chi connectivity index (χ4n) is 0. The Morgan fingerprint density at radius 2 is 1.50 bits per heavy atom. The molecule has 0 bridgehead atoms. The topological polar surface area (TPSA) is 17.1 Å². The second-order valence-corrected chi connectivity index (χ2v) is 0. The molecule has 0 aromatic rings. The molecule has 0 amide bonds. The summed E-state index contributed by atoms with van der Waals surface area (Å²) in [6.07, 6.45) is 0. The maximum atomic E-state index is 8.06. The molecule has 0 atom stereocenters. The average Bonchev–Trinajstić information content (AvgIpc) is 1.00. The van der Waals surface area contributed by atoms with Gasteiger partial charge in [0, 0.05) is 0 Å². The third kappa shape index (κ3) is 9.09. The van der Waals surface area contributed by atoms with Crippen molar-refractivity contribution in [3.05, 3.63) is 0 Å². The van der Waals surface area contributed by atoms with Crippen molar-refractivity contribution in [3.8, 4) is 0 Å². The van der Waals surface area contributed by atoms with E-state index in [4.69, 9.17) is 4.57 Å². The molecular formula is H6AlCaOP. The minimum atomic E-state index is 0. The van der Waals surface area contributed by atoms with E-state index in [-0.39, 0.29) is 58.0 Å². The maximum absolute atomic E-state index is 8.06. The van der Waals surface area contributed by atoms with Gasteiger partial charge in [-0.05, 0) is 0 Å². The van der Waals surface area contributed by atoms with Crippen molar-refractivity contribution < 1.29 is 7.42 Å². The van der Waals surface area contributed by atoms with Gasteiger partial charge in [0.1, 0.15) is 9.12 Å². The van der Waals surface area contributed by atoms with Crippen molar-refractivity contribution >= 4 is 64.2 Å². The molecule has 0 aliphatic heterocycles. The molecule has 0 aliphatic rings. The summed E-state index contributed by atoms with van der Waals surface area (Å²) in [5, 5.41) is 0. The van der Waals surface area contributed by atoms with Crippen LogP contribution >= 0.6 is 9.12 Å². The summed E-state index contributed by atoms with van der Waals surface area (Å²) in [5.41, 5.74) is 0. The Labute approximate surface area is 70.9 Å². The SMILES string of the molecule is O=P.[AlH3].[Ca+2].[H-].[H-]. The molecule has 4 heteroatoms. The van der Waals surface area contributed by atoms with Crippen LogP contribution in [0.3, 0.4) is 0 Å². The first-order chi connectivity index (χ1) is 1.00. The van der Waals surface area contributed by atoms with Crippen molar-refractivity contribution in [2.24, 2.45) is 0 Å². The Balaban J connectivity index is -0.000000000833. The zero-order valence-electron chi connectivity index (χ0n) is 3.62. The van der Waals surface area contributed by atoms with E-state index in [2.05, 4.69) is 0 Å². The summed E-state index contributed by atoms with van der Waals surface area (Å²) >= 11 is 0. The van der Waals surface area contributed by atoms with Crippen LogP contribution in [0.4, 0.5) is 0 Å². The van der Waals surface area contributed by atoms with Gasteiger partial charge in [-0.3, -0.25) is 4.57 Å². The Morgan fingerprint density at radius 3 is 1.50 bits per heavy atom.